The number of anilines is 1. The van der Waals surface area contributed by atoms with E-state index in [1.54, 1.807) is 0 Å². The molecule has 1 aliphatic heterocycles. The predicted molar refractivity (Wildman–Crippen MR) is 86.4 cm³/mol. The molecule has 1 fully saturated rings. The Labute approximate surface area is 131 Å². The van der Waals surface area contributed by atoms with Gasteiger partial charge in [0, 0.05) is 31.1 Å². The molecule has 1 unspecified atom stereocenters. The summed E-state index contributed by atoms with van der Waals surface area (Å²) in [6.45, 7) is 1.32. The van der Waals surface area contributed by atoms with E-state index in [0.29, 0.717) is 13.0 Å². The zero-order valence-electron chi connectivity index (χ0n) is 12.8. The zero-order chi connectivity index (χ0) is 15.4. The Balaban J connectivity index is 1.59. The summed E-state index contributed by atoms with van der Waals surface area (Å²) >= 11 is 0. The van der Waals surface area contributed by atoms with E-state index < -0.39 is 0 Å². The van der Waals surface area contributed by atoms with Gasteiger partial charge in [-0.1, -0.05) is 24.3 Å². The monoisotopic (exact) mass is 298 g/mol. The quantitative estimate of drug-likeness (QED) is 0.869. The summed E-state index contributed by atoms with van der Waals surface area (Å²) in [7, 11) is 0. The molecule has 4 heteroatoms. The standard InChI is InChI=1S/C18H22N2O2/c21-17-10-5-11-20(17)16-9-4-6-14(12-16)13-19-18(22)15-7-2-1-3-8-15/h1-2,4,6,9,12,15H,3,5,7-8,10-11,13H2,(H,19,22). The number of hydrogen-bond donors (Lipinski definition) is 1. The van der Waals surface area contributed by atoms with Crippen molar-refractivity contribution < 1.29 is 9.59 Å². The van der Waals surface area contributed by atoms with E-state index in [9.17, 15) is 9.59 Å². The van der Waals surface area contributed by atoms with Crippen LogP contribution in [0.25, 0.3) is 0 Å². The molecule has 2 aliphatic rings. The fourth-order valence-electron chi connectivity index (χ4n) is 3.12. The molecular weight excluding hydrogens is 276 g/mol. The molecule has 0 saturated carbocycles. The van der Waals surface area contributed by atoms with E-state index >= 15 is 0 Å². The SMILES string of the molecule is O=C(NCc1cccc(N2CCCC2=O)c1)C1CC=CCC1. The van der Waals surface area contributed by atoms with E-state index in [4.69, 9.17) is 0 Å². The van der Waals surface area contributed by atoms with Gasteiger partial charge in [0.2, 0.25) is 11.8 Å². The number of nitrogens with one attached hydrogen (secondary N) is 1. The summed E-state index contributed by atoms with van der Waals surface area (Å²) in [5.74, 6) is 0.426. The first-order chi connectivity index (χ1) is 10.7. The third kappa shape index (κ3) is 3.38. The van der Waals surface area contributed by atoms with Crippen LogP contribution in [0.4, 0.5) is 5.69 Å². The van der Waals surface area contributed by atoms with Gasteiger partial charge in [0.25, 0.3) is 0 Å². The number of nitrogens with zero attached hydrogens (tertiary/aromatic N) is 1. The van der Waals surface area contributed by atoms with Gasteiger partial charge in [-0.05, 0) is 43.4 Å². The smallest absolute Gasteiger partial charge is 0.227 e. The molecule has 1 N–H and O–H groups in total. The molecule has 0 spiro atoms. The lowest BCUT2D eigenvalue weighted by Crippen LogP contribution is -2.31. The Morgan fingerprint density at radius 2 is 2.23 bits per heavy atom. The van der Waals surface area contributed by atoms with Crippen LogP contribution in [0.15, 0.2) is 36.4 Å². The molecule has 1 aromatic rings. The normalized spacial score (nSPS) is 21.2. The number of hydrogen-bond acceptors (Lipinski definition) is 2. The van der Waals surface area contributed by atoms with Crippen LogP contribution in [0.5, 0.6) is 0 Å². The first-order valence-electron chi connectivity index (χ1n) is 8.06. The maximum atomic E-state index is 12.2. The van der Waals surface area contributed by atoms with E-state index in [2.05, 4.69) is 17.5 Å². The van der Waals surface area contributed by atoms with Gasteiger partial charge in [0.05, 0.1) is 0 Å². The van der Waals surface area contributed by atoms with Gasteiger partial charge in [-0.25, -0.2) is 0 Å². The van der Waals surface area contributed by atoms with Gasteiger partial charge in [0.1, 0.15) is 0 Å². The molecule has 3 rings (SSSR count). The lowest BCUT2D eigenvalue weighted by Gasteiger charge is -2.19. The van der Waals surface area contributed by atoms with Crippen molar-refractivity contribution in [3.05, 3.63) is 42.0 Å². The van der Waals surface area contributed by atoms with Crippen LogP contribution < -0.4 is 10.2 Å². The summed E-state index contributed by atoms with van der Waals surface area (Å²) < 4.78 is 0. The van der Waals surface area contributed by atoms with Gasteiger partial charge in [-0.3, -0.25) is 9.59 Å². The van der Waals surface area contributed by atoms with Crippen LogP contribution >= 0.6 is 0 Å². The molecule has 0 radical (unpaired) electrons. The van der Waals surface area contributed by atoms with Crippen molar-refractivity contribution in [1.82, 2.24) is 5.32 Å². The molecule has 1 saturated heterocycles. The minimum Gasteiger partial charge on any atom is -0.352 e. The third-order valence-corrected chi connectivity index (χ3v) is 4.40. The molecular formula is C18H22N2O2. The van der Waals surface area contributed by atoms with Crippen molar-refractivity contribution in [3.8, 4) is 0 Å². The molecule has 22 heavy (non-hydrogen) atoms. The molecule has 2 amide bonds. The average Bonchev–Trinajstić information content (AvgIpc) is 3.00. The zero-order valence-corrected chi connectivity index (χ0v) is 12.8. The maximum Gasteiger partial charge on any atom is 0.227 e. The second kappa shape index (κ2) is 6.77. The molecule has 0 aromatic heterocycles. The van der Waals surface area contributed by atoms with Crippen molar-refractivity contribution in [3.63, 3.8) is 0 Å². The summed E-state index contributed by atoms with van der Waals surface area (Å²) in [5, 5.41) is 3.02. The molecule has 4 nitrogen and oxygen atoms in total. The maximum absolute atomic E-state index is 12.2. The second-order valence-electron chi connectivity index (χ2n) is 6.02. The Bertz CT molecular complexity index is 595. The fourth-order valence-corrected chi connectivity index (χ4v) is 3.12. The number of allylic oxidation sites excluding steroid dienone is 2. The lowest BCUT2D eigenvalue weighted by molar-refractivity contribution is -0.125. The number of carbonyl (C=O) groups is 2. The van der Waals surface area contributed by atoms with E-state index in [1.165, 1.54) is 0 Å². The highest BCUT2D eigenvalue weighted by molar-refractivity contribution is 5.95. The van der Waals surface area contributed by atoms with Crippen molar-refractivity contribution in [2.45, 2.75) is 38.6 Å². The van der Waals surface area contributed by atoms with Crippen LogP contribution in [-0.2, 0) is 16.1 Å². The Morgan fingerprint density at radius 3 is 2.95 bits per heavy atom. The number of carbonyl (C=O) groups excluding carboxylic acids is 2. The second-order valence-corrected chi connectivity index (χ2v) is 6.02. The molecule has 1 aromatic carbocycles. The summed E-state index contributed by atoms with van der Waals surface area (Å²) in [4.78, 5) is 25.8. The van der Waals surface area contributed by atoms with Crippen LogP contribution in [0.2, 0.25) is 0 Å². The highest BCUT2D eigenvalue weighted by Crippen LogP contribution is 2.22. The number of amides is 2. The van der Waals surface area contributed by atoms with Gasteiger partial charge in [-0.2, -0.15) is 0 Å². The van der Waals surface area contributed by atoms with Gasteiger partial charge in [0.15, 0.2) is 0 Å². The fraction of sp³-hybridized carbons (Fsp3) is 0.444. The third-order valence-electron chi connectivity index (χ3n) is 4.40. The van der Waals surface area contributed by atoms with Gasteiger partial charge >= 0.3 is 0 Å². The summed E-state index contributed by atoms with van der Waals surface area (Å²) in [5.41, 5.74) is 1.98. The van der Waals surface area contributed by atoms with Gasteiger partial charge in [-0.15, -0.1) is 0 Å². The minimum absolute atomic E-state index is 0.105. The average molecular weight is 298 g/mol. The minimum atomic E-state index is 0.105. The molecule has 1 atom stereocenters. The summed E-state index contributed by atoms with van der Waals surface area (Å²) in [6, 6.07) is 7.90. The van der Waals surface area contributed by atoms with E-state index in [-0.39, 0.29) is 17.7 Å². The molecule has 1 heterocycles. The Hall–Kier alpha value is -2.10. The van der Waals surface area contributed by atoms with E-state index in [0.717, 1.165) is 43.5 Å². The van der Waals surface area contributed by atoms with Gasteiger partial charge < -0.3 is 10.2 Å². The summed E-state index contributed by atoms with van der Waals surface area (Å²) in [6.07, 6.45) is 8.56. The number of benzene rings is 1. The first kappa shape index (κ1) is 14.8. The lowest BCUT2D eigenvalue weighted by atomic mass is 9.93. The Morgan fingerprint density at radius 1 is 1.32 bits per heavy atom. The molecule has 116 valence electrons. The predicted octanol–water partition coefficient (Wildman–Crippen LogP) is 2.79. The number of rotatable bonds is 4. The van der Waals surface area contributed by atoms with Crippen molar-refractivity contribution in [1.29, 1.82) is 0 Å². The van der Waals surface area contributed by atoms with Crippen LogP contribution in [0.1, 0.15) is 37.7 Å². The van der Waals surface area contributed by atoms with Crippen LogP contribution in [0, 0.1) is 5.92 Å². The molecule has 1 aliphatic carbocycles. The highest BCUT2D eigenvalue weighted by Gasteiger charge is 2.22. The first-order valence-corrected chi connectivity index (χ1v) is 8.06. The highest BCUT2D eigenvalue weighted by atomic mass is 16.2. The van der Waals surface area contributed by atoms with Crippen molar-refractivity contribution >= 4 is 17.5 Å². The molecule has 0 bridgehead atoms. The topological polar surface area (TPSA) is 49.4 Å². The van der Waals surface area contributed by atoms with Crippen molar-refractivity contribution in [2.24, 2.45) is 5.92 Å². The van der Waals surface area contributed by atoms with Crippen LogP contribution in [0.3, 0.4) is 0 Å². The van der Waals surface area contributed by atoms with E-state index in [1.807, 2.05) is 29.2 Å². The van der Waals surface area contributed by atoms with Crippen LogP contribution in [-0.4, -0.2) is 18.4 Å². The Kier molecular flexibility index (Phi) is 4.56. The van der Waals surface area contributed by atoms with Crippen molar-refractivity contribution in [2.75, 3.05) is 11.4 Å². The largest absolute Gasteiger partial charge is 0.352 e.